The zero-order valence-electron chi connectivity index (χ0n) is 44.3. The highest BCUT2D eigenvalue weighted by Crippen LogP contribution is 2.50. The summed E-state index contributed by atoms with van der Waals surface area (Å²) in [6.07, 6.45) is 14.3. The molecule has 378 valence electrons. The van der Waals surface area contributed by atoms with Crippen molar-refractivity contribution in [3.05, 3.63) is 313 Å². The lowest BCUT2D eigenvalue weighted by Gasteiger charge is -2.29. The Kier molecular flexibility index (Phi) is 11.9. The van der Waals surface area contributed by atoms with Crippen LogP contribution >= 0.6 is 0 Å². The van der Waals surface area contributed by atoms with E-state index in [0.29, 0.717) is 0 Å². The fourth-order valence-electron chi connectivity index (χ4n) is 12.9. The first-order valence-electron chi connectivity index (χ1n) is 28.1. The van der Waals surface area contributed by atoms with Crippen LogP contribution in [0.4, 0.5) is 11.4 Å². The van der Waals surface area contributed by atoms with Crippen LogP contribution in [0.1, 0.15) is 29.9 Å². The Bertz CT molecular complexity index is 4440. The summed E-state index contributed by atoms with van der Waals surface area (Å²) in [5.74, 6) is 0.145. The van der Waals surface area contributed by atoms with Crippen molar-refractivity contribution < 1.29 is 0 Å². The predicted octanol–water partition coefficient (Wildman–Crippen LogP) is 18.9. The van der Waals surface area contributed by atoms with E-state index < -0.39 is 0 Å². The first-order chi connectivity index (χ1) is 39.7. The molecule has 0 spiro atoms. The van der Waals surface area contributed by atoms with Gasteiger partial charge in [0, 0.05) is 33.6 Å². The fourth-order valence-corrected chi connectivity index (χ4v) is 12.9. The van der Waals surface area contributed by atoms with Crippen molar-refractivity contribution in [2.45, 2.75) is 24.8 Å². The number of hydrogen-bond acceptors (Lipinski definition) is 1. The number of allylic oxidation sites excluding steroid dienone is 4. The number of para-hydroxylation sites is 2. The third-order valence-electron chi connectivity index (χ3n) is 16.7. The summed E-state index contributed by atoms with van der Waals surface area (Å²) in [7, 11) is 0. The first-order valence-corrected chi connectivity index (χ1v) is 28.1. The van der Waals surface area contributed by atoms with Crippen molar-refractivity contribution in [3.63, 3.8) is 0 Å². The van der Waals surface area contributed by atoms with Gasteiger partial charge in [-0.2, -0.15) is 0 Å². The second-order valence-corrected chi connectivity index (χ2v) is 21.5. The Morgan fingerprint density at radius 1 is 0.350 bits per heavy atom. The van der Waals surface area contributed by atoms with Gasteiger partial charge in [-0.25, -0.2) is 0 Å². The summed E-state index contributed by atoms with van der Waals surface area (Å²) < 4.78 is 2.46. The molecule has 2 unspecified atom stereocenters. The minimum absolute atomic E-state index is 0.0367. The van der Waals surface area contributed by atoms with E-state index in [1.165, 1.54) is 133 Å². The van der Waals surface area contributed by atoms with Gasteiger partial charge in [0.15, 0.2) is 0 Å². The van der Waals surface area contributed by atoms with Crippen LogP contribution in [0.25, 0.3) is 112 Å². The lowest BCUT2D eigenvalue weighted by molar-refractivity contribution is 0.796. The van der Waals surface area contributed by atoms with Gasteiger partial charge < -0.3 is 9.47 Å². The molecular formula is C78H56N2. The molecule has 0 bridgehead atoms. The molecule has 2 aliphatic carbocycles. The van der Waals surface area contributed by atoms with Gasteiger partial charge in [0.2, 0.25) is 0 Å². The molecule has 0 saturated carbocycles. The SMILES string of the molecule is C1=CC(c2cc(-c3cccc(N4c5cc(-c6ccccc6)ccc5C5C=c6c(n(-c7ccccc7)c7ccccc67)=CC54)c3)cc(-c3ccccc3)c2-c2ccc(-c3cc(-c4ccccc4)cc(-c4ccccc4)c3)cc2)=CCC1. The third-order valence-corrected chi connectivity index (χ3v) is 16.7. The lowest BCUT2D eigenvalue weighted by atomic mass is 9.83. The van der Waals surface area contributed by atoms with E-state index in [4.69, 9.17) is 0 Å². The van der Waals surface area contributed by atoms with Crippen LogP contribution in [0.3, 0.4) is 0 Å². The van der Waals surface area contributed by atoms with E-state index >= 15 is 0 Å². The van der Waals surface area contributed by atoms with E-state index in [9.17, 15) is 0 Å². The minimum atomic E-state index is 0.0367. The first kappa shape index (κ1) is 47.2. The van der Waals surface area contributed by atoms with Crippen molar-refractivity contribution in [3.8, 4) is 83.6 Å². The molecule has 1 aliphatic heterocycles. The summed E-state index contributed by atoms with van der Waals surface area (Å²) in [5, 5.41) is 3.82. The maximum absolute atomic E-state index is 2.63. The highest BCUT2D eigenvalue weighted by atomic mass is 15.2. The minimum Gasteiger partial charge on any atom is -0.333 e. The van der Waals surface area contributed by atoms with E-state index in [-0.39, 0.29) is 12.0 Å². The average Bonchev–Trinajstić information content (AvgIpc) is 4.26. The third kappa shape index (κ3) is 8.45. The second kappa shape index (κ2) is 20.1. The summed E-state index contributed by atoms with van der Waals surface area (Å²) in [5.41, 5.74) is 25.5. The maximum Gasteiger partial charge on any atom is 0.0650 e. The standard InChI is InChI=1S/C78H56N2/c1-7-22-53(23-8-1)61-42-43-69-73-51-72-68-36-19-20-37-74(68)79(66-33-17-6-18-34-66)76(72)52-77(73)80(75(69)50-61)67-35-21-32-60(47-67)65-48-70(57-28-13-4-14-29-57)78(71(49-65)58-30-15-5-16-31-58)59-40-38-56(39-41-59)64-45-62(54-24-9-2-10-25-54)44-63(46-64)55-26-11-3-12-27-55/h1-4,6-15,17-52,73,77H,5,16H2. The van der Waals surface area contributed by atoms with Crippen LogP contribution < -0.4 is 15.5 Å². The fraction of sp³-hybridized carbons (Fsp3) is 0.0513. The molecule has 12 aromatic rings. The summed E-state index contributed by atoms with van der Waals surface area (Å²) in [4.78, 5) is 2.63. The number of hydrogen-bond donors (Lipinski definition) is 0. The zero-order valence-corrected chi connectivity index (χ0v) is 44.3. The van der Waals surface area contributed by atoms with Crippen LogP contribution in [0.2, 0.25) is 0 Å². The van der Waals surface area contributed by atoms with Crippen LogP contribution in [0.5, 0.6) is 0 Å². The number of nitrogens with zero attached hydrogens (tertiary/aromatic N) is 2. The lowest BCUT2D eigenvalue weighted by Crippen LogP contribution is -2.40. The molecule has 80 heavy (non-hydrogen) atoms. The molecule has 0 saturated heterocycles. The van der Waals surface area contributed by atoms with Gasteiger partial charge in [-0.05, 0) is 180 Å². The molecule has 0 radical (unpaired) electrons. The van der Waals surface area contributed by atoms with Gasteiger partial charge in [0.05, 0.1) is 16.9 Å². The number of fused-ring (bicyclic) bond motifs is 6. The molecule has 1 aromatic heterocycles. The Morgan fingerprint density at radius 3 is 1.51 bits per heavy atom. The number of anilines is 2. The van der Waals surface area contributed by atoms with Crippen molar-refractivity contribution in [2.75, 3.05) is 4.90 Å². The van der Waals surface area contributed by atoms with Crippen molar-refractivity contribution >= 4 is 40.0 Å². The van der Waals surface area contributed by atoms with Crippen LogP contribution in [0, 0.1) is 0 Å². The molecular weight excluding hydrogens is 965 g/mol. The molecule has 2 atom stereocenters. The van der Waals surface area contributed by atoms with Gasteiger partial charge >= 0.3 is 0 Å². The molecule has 2 heterocycles. The highest BCUT2D eigenvalue weighted by Gasteiger charge is 2.39. The Labute approximate surface area is 468 Å². The van der Waals surface area contributed by atoms with E-state index in [2.05, 4.69) is 313 Å². The van der Waals surface area contributed by atoms with Gasteiger partial charge in [-0.1, -0.05) is 231 Å². The Morgan fingerprint density at radius 2 is 0.863 bits per heavy atom. The maximum atomic E-state index is 2.63. The monoisotopic (exact) mass is 1020 g/mol. The summed E-state index contributed by atoms with van der Waals surface area (Å²) in [6, 6.07) is 101. The summed E-state index contributed by atoms with van der Waals surface area (Å²) >= 11 is 0. The normalized spacial score (nSPS) is 15.1. The zero-order chi connectivity index (χ0) is 52.9. The molecule has 11 aromatic carbocycles. The number of aromatic nitrogens is 1. The van der Waals surface area contributed by atoms with Crippen LogP contribution in [0.15, 0.2) is 291 Å². The van der Waals surface area contributed by atoms with Crippen molar-refractivity contribution in [1.82, 2.24) is 4.57 Å². The molecule has 3 aliphatic rings. The summed E-state index contributed by atoms with van der Waals surface area (Å²) in [6.45, 7) is 0. The van der Waals surface area contributed by atoms with Crippen molar-refractivity contribution in [1.29, 1.82) is 0 Å². The number of rotatable bonds is 10. The predicted molar refractivity (Wildman–Crippen MR) is 337 cm³/mol. The van der Waals surface area contributed by atoms with Crippen LogP contribution in [-0.2, 0) is 0 Å². The molecule has 2 heteroatoms. The Hall–Kier alpha value is -10.0. The van der Waals surface area contributed by atoms with E-state index in [1.54, 1.807) is 0 Å². The van der Waals surface area contributed by atoms with Crippen LogP contribution in [-0.4, -0.2) is 10.6 Å². The van der Waals surface area contributed by atoms with Gasteiger partial charge in [0.25, 0.3) is 0 Å². The molecule has 0 N–H and O–H groups in total. The average molecular weight is 1020 g/mol. The Balaban J connectivity index is 0.887. The molecule has 15 rings (SSSR count). The topological polar surface area (TPSA) is 8.17 Å². The smallest absolute Gasteiger partial charge is 0.0650 e. The van der Waals surface area contributed by atoms with Gasteiger partial charge in [-0.3, -0.25) is 0 Å². The molecule has 0 amide bonds. The van der Waals surface area contributed by atoms with Gasteiger partial charge in [-0.15, -0.1) is 0 Å². The quantitative estimate of drug-likeness (QED) is 0.133. The molecule has 0 fully saturated rings. The number of benzene rings is 11. The van der Waals surface area contributed by atoms with Crippen molar-refractivity contribution in [2.24, 2.45) is 0 Å². The molecule has 2 nitrogen and oxygen atoms in total. The second-order valence-electron chi connectivity index (χ2n) is 21.5. The van der Waals surface area contributed by atoms with Gasteiger partial charge in [0.1, 0.15) is 0 Å². The van der Waals surface area contributed by atoms with E-state index in [1.807, 2.05) is 0 Å². The highest BCUT2D eigenvalue weighted by molar-refractivity contribution is 5.99. The van der Waals surface area contributed by atoms with E-state index in [0.717, 1.165) is 12.8 Å². The largest absolute Gasteiger partial charge is 0.333 e.